The smallest absolute Gasteiger partial charge is 0.254 e. The first-order chi connectivity index (χ1) is 16.1. The van der Waals surface area contributed by atoms with Crippen LogP contribution in [0.25, 0.3) is 10.9 Å². The Bertz CT molecular complexity index is 1390. The van der Waals surface area contributed by atoms with Crippen LogP contribution in [-0.2, 0) is 16.1 Å². The topological polar surface area (TPSA) is 78.5 Å². The van der Waals surface area contributed by atoms with E-state index in [1.54, 1.807) is 6.21 Å². The predicted octanol–water partition coefficient (Wildman–Crippen LogP) is 4.01. The van der Waals surface area contributed by atoms with Crippen molar-refractivity contribution in [3.05, 3.63) is 83.1 Å². The second-order valence-electron chi connectivity index (χ2n) is 9.10. The van der Waals surface area contributed by atoms with Gasteiger partial charge >= 0.3 is 0 Å². The van der Waals surface area contributed by atoms with Gasteiger partial charge in [-0.25, -0.2) is 0 Å². The fourth-order valence-corrected chi connectivity index (χ4v) is 5.88. The number of aromatic nitrogens is 1. The maximum absolute atomic E-state index is 13.0. The van der Waals surface area contributed by atoms with Crippen LogP contribution in [0.1, 0.15) is 28.8 Å². The summed E-state index contributed by atoms with van der Waals surface area (Å²) in [6.07, 6.45) is 6.72. The first-order valence-corrected chi connectivity index (χ1v) is 11.2. The third kappa shape index (κ3) is 2.82. The molecular formula is C27H22N4O2. The van der Waals surface area contributed by atoms with Gasteiger partial charge in [-0.05, 0) is 42.9 Å². The number of hydrogen-bond donors (Lipinski definition) is 0. The molecule has 0 N–H and O–H groups in total. The van der Waals surface area contributed by atoms with Crippen molar-refractivity contribution in [2.45, 2.75) is 19.9 Å². The summed E-state index contributed by atoms with van der Waals surface area (Å²) in [6, 6.07) is 17.8. The highest BCUT2D eigenvalue weighted by Crippen LogP contribution is 2.52. The minimum Gasteiger partial charge on any atom is -0.340 e. The van der Waals surface area contributed by atoms with Gasteiger partial charge in [0.25, 0.3) is 11.8 Å². The summed E-state index contributed by atoms with van der Waals surface area (Å²) < 4.78 is 2.15. The highest BCUT2D eigenvalue weighted by molar-refractivity contribution is 6.08. The van der Waals surface area contributed by atoms with Crippen LogP contribution in [0.3, 0.4) is 0 Å². The molecule has 6 nitrogen and oxygen atoms in total. The molecule has 1 saturated heterocycles. The number of rotatable bonds is 4. The molecule has 4 unspecified atom stereocenters. The molecule has 33 heavy (non-hydrogen) atoms. The molecule has 2 aromatic carbocycles. The summed E-state index contributed by atoms with van der Waals surface area (Å²) in [5.74, 6) is -0.532. The number of allylic oxidation sites excluding steroid dienone is 2. The fraction of sp³-hybridized carbons (Fsp3) is 0.259. The number of nitrogens with zero attached hydrogens (tertiary/aromatic N) is 4. The third-order valence-corrected chi connectivity index (χ3v) is 7.50. The molecule has 2 heterocycles. The van der Waals surface area contributed by atoms with Gasteiger partial charge in [-0.15, -0.1) is 0 Å². The van der Waals surface area contributed by atoms with Gasteiger partial charge in [-0.1, -0.05) is 48.6 Å². The predicted molar refractivity (Wildman–Crippen MR) is 124 cm³/mol. The standard InChI is InChI=1S/C27H22N4O2/c1-16-22(14-29-31-26(32)24-17-10-11-18(12-17)25(24)27(31)33)21-8-4-5-9-23(21)30(16)15-20-7-3-2-6-19(20)13-28/h2-11,14,17-18,24-25H,12,15H2,1H3. The Morgan fingerprint density at radius 2 is 1.70 bits per heavy atom. The van der Waals surface area contributed by atoms with Crippen molar-refractivity contribution < 1.29 is 9.59 Å². The van der Waals surface area contributed by atoms with Crippen molar-refractivity contribution in [1.82, 2.24) is 9.58 Å². The lowest BCUT2D eigenvalue weighted by atomic mass is 9.85. The average Bonchev–Trinajstić information content (AvgIpc) is 3.57. The zero-order valence-corrected chi connectivity index (χ0v) is 18.2. The van der Waals surface area contributed by atoms with E-state index in [9.17, 15) is 14.9 Å². The normalized spacial score (nSPS) is 25.5. The third-order valence-electron chi connectivity index (χ3n) is 7.50. The number of hydrazone groups is 1. The molecule has 2 fully saturated rings. The number of hydrogen-bond acceptors (Lipinski definition) is 4. The van der Waals surface area contributed by atoms with E-state index >= 15 is 0 Å². The van der Waals surface area contributed by atoms with E-state index in [0.29, 0.717) is 12.1 Å². The van der Waals surface area contributed by atoms with Crippen LogP contribution in [0, 0.1) is 41.9 Å². The van der Waals surface area contributed by atoms with Gasteiger partial charge in [0.2, 0.25) is 0 Å². The van der Waals surface area contributed by atoms with E-state index < -0.39 is 0 Å². The van der Waals surface area contributed by atoms with E-state index in [1.165, 1.54) is 0 Å². The van der Waals surface area contributed by atoms with Crippen molar-refractivity contribution in [2.75, 3.05) is 0 Å². The maximum Gasteiger partial charge on any atom is 0.254 e. The SMILES string of the molecule is Cc1c(C=NN2C(=O)C3C4C=CC(C4)C3C2=O)c2ccccc2n1Cc1ccccc1C#N. The van der Waals surface area contributed by atoms with Gasteiger partial charge in [0.05, 0.1) is 29.7 Å². The molecule has 1 aromatic heterocycles. The zero-order chi connectivity index (χ0) is 22.7. The van der Waals surface area contributed by atoms with Crippen LogP contribution in [0.2, 0.25) is 0 Å². The van der Waals surface area contributed by atoms with E-state index in [2.05, 4.69) is 27.9 Å². The van der Waals surface area contributed by atoms with Gasteiger partial charge < -0.3 is 4.57 Å². The molecule has 3 aliphatic rings. The highest BCUT2D eigenvalue weighted by atomic mass is 16.2. The number of benzene rings is 2. The molecule has 1 aliphatic heterocycles. The molecular weight excluding hydrogens is 412 g/mol. The largest absolute Gasteiger partial charge is 0.340 e. The van der Waals surface area contributed by atoms with Gasteiger partial charge in [-0.3, -0.25) is 9.59 Å². The lowest BCUT2D eigenvalue weighted by molar-refractivity contribution is -0.140. The van der Waals surface area contributed by atoms with Crippen LogP contribution in [0.15, 0.2) is 65.8 Å². The van der Waals surface area contributed by atoms with E-state index in [4.69, 9.17) is 0 Å². The van der Waals surface area contributed by atoms with Crippen LogP contribution >= 0.6 is 0 Å². The minimum absolute atomic E-state index is 0.167. The summed E-state index contributed by atoms with van der Waals surface area (Å²) in [6.45, 7) is 2.55. The molecule has 0 spiro atoms. The first-order valence-electron chi connectivity index (χ1n) is 11.2. The molecule has 1 saturated carbocycles. The molecule has 6 rings (SSSR count). The van der Waals surface area contributed by atoms with Crippen molar-refractivity contribution in [3.8, 4) is 6.07 Å². The average molecular weight is 434 g/mol. The monoisotopic (exact) mass is 434 g/mol. The molecule has 6 heteroatoms. The number of amides is 2. The number of carbonyl (C=O) groups is 2. The number of fused-ring (bicyclic) bond motifs is 6. The molecule has 2 aliphatic carbocycles. The number of carbonyl (C=O) groups excluding carboxylic acids is 2. The lowest BCUT2D eigenvalue weighted by Crippen LogP contribution is -2.28. The Balaban J connectivity index is 1.37. The summed E-state index contributed by atoms with van der Waals surface area (Å²) in [7, 11) is 0. The van der Waals surface area contributed by atoms with Crippen molar-refractivity contribution in [2.24, 2.45) is 28.8 Å². The molecule has 2 amide bonds. The fourth-order valence-electron chi connectivity index (χ4n) is 5.88. The van der Waals surface area contributed by atoms with Crippen LogP contribution in [0.4, 0.5) is 0 Å². The molecule has 162 valence electrons. The molecule has 0 radical (unpaired) electrons. The van der Waals surface area contributed by atoms with Crippen LogP contribution in [0.5, 0.6) is 0 Å². The van der Waals surface area contributed by atoms with Crippen molar-refractivity contribution in [3.63, 3.8) is 0 Å². The maximum atomic E-state index is 13.0. The van der Waals surface area contributed by atoms with E-state index in [-0.39, 0.29) is 35.5 Å². The quantitative estimate of drug-likeness (QED) is 0.354. The highest BCUT2D eigenvalue weighted by Gasteiger charge is 2.59. The Hall–Kier alpha value is -3.98. The lowest BCUT2D eigenvalue weighted by Gasteiger charge is -2.13. The minimum atomic E-state index is -0.255. The zero-order valence-electron chi connectivity index (χ0n) is 18.2. The first kappa shape index (κ1) is 19.7. The molecule has 2 bridgehead atoms. The van der Waals surface area contributed by atoms with Crippen LogP contribution in [-0.4, -0.2) is 27.6 Å². The number of para-hydroxylation sites is 1. The second-order valence-corrected chi connectivity index (χ2v) is 9.10. The number of imide groups is 1. The number of nitriles is 1. The Morgan fingerprint density at radius 1 is 1.03 bits per heavy atom. The van der Waals surface area contributed by atoms with Crippen LogP contribution < -0.4 is 0 Å². The van der Waals surface area contributed by atoms with Gasteiger partial charge in [0.15, 0.2) is 0 Å². The Labute approximate surface area is 191 Å². The van der Waals surface area contributed by atoms with E-state index in [1.807, 2.05) is 55.5 Å². The van der Waals surface area contributed by atoms with Crippen molar-refractivity contribution in [1.29, 1.82) is 5.26 Å². The second kappa shape index (κ2) is 7.28. The summed E-state index contributed by atoms with van der Waals surface area (Å²) in [5.41, 5.74) is 4.44. The van der Waals surface area contributed by atoms with Gasteiger partial charge in [-0.2, -0.15) is 15.4 Å². The summed E-state index contributed by atoms with van der Waals surface area (Å²) in [4.78, 5) is 26.0. The Kier molecular flexibility index (Phi) is 4.34. The Morgan fingerprint density at radius 3 is 2.42 bits per heavy atom. The molecule has 4 atom stereocenters. The van der Waals surface area contributed by atoms with Gasteiger partial charge in [0.1, 0.15) is 0 Å². The van der Waals surface area contributed by atoms with Gasteiger partial charge in [0, 0.05) is 28.7 Å². The van der Waals surface area contributed by atoms with E-state index in [0.717, 1.165) is 39.2 Å². The molecule has 3 aromatic rings. The summed E-state index contributed by atoms with van der Waals surface area (Å²) in [5, 5.41) is 16.0. The summed E-state index contributed by atoms with van der Waals surface area (Å²) >= 11 is 0. The van der Waals surface area contributed by atoms with Crippen molar-refractivity contribution >= 4 is 28.9 Å².